The minimum atomic E-state index is -0.255. The molecule has 0 aliphatic carbocycles. The minimum absolute atomic E-state index is 0.255. The maximum atomic E-state index is 12.0. The van der Waals surface area contributed by atoms with Crippen molar-refractivity contribution in [2.24, 2.45) is 0 Å². The Kier molecular flexibility index (Phi) is 3.99. The highest BCUT2D eigenvalue weighted by Gasteiger charge is 2.10. The predicted molar refractivity (Wildman–Crippen MR) is 78.6 cm³/mol. The van der Waals surface area contributed by atoms with Crippen LogP contribution in [0.3, 0.4) is 0 Å². The summed E-state index contributed by atoms with van der Waals surface area (Å²) in [6, 6.07) is 5.67. The van der Waals surface area contributed by atoms with Crippen LogP contribution in [0, 0.1) is 13.8 Å². The van der Waals surface area contributed by atoms with Crippen LogP contribution in [0.1, 0.15) is 17.1 Å². The van der Waals surface area contributed by atoms with Gasteiger partial charge in [0.05, 0.1) is 22.4 Å². The van der Waals surface area contributed by atoms with E-state index in [2.05, 4.69) is 31.2 Å². The first-order valence-corrected chi connectivity index (χ1v) is 6.69. The molecule has 0 atom stereocenters. The van der Waals surface area contributed by atoms with E-state index in [0.717, 1.165) is 21.7 Å². The maximum Gasteiger partial charge on any atom is 0.348 e. The van der Waals surface area contributed by atoms with Crippen LogP contribution in [0.5, 0.6) is 0 Å². The molecule has 2 aromatic rings. The molecule has 0 aromatic carbocycles. The summed E-state index contributed by atoms with van der Waals surface area (Å²) in [5.74, 6) is 0.780. The number of aryl methyl sites for hydroxylation is 1. The van der Waals surface area contributed by atoms with Crippen LogP contribution in [0.4, 0.5) is 5.82 Å². The van der Waals surface area contributed by atoms with Gasteiger partial charge in [-0.1, -0.05) is 6.07 Å². The second-order valence-electron chi connectivity index (χ2n) is 4.23. The number of hydrogen-bond acceptors (Lipinski definition) is 4. The van der Waals surface area contributed by atoms with Gasteiger partial charge < -0.3 is 5.32 Å². The number of nitrogens with zero attached hydrogens (tertiary/aromatic N) is 3. The Morgan fingerprint density at radius 3 is 2.74 bits per heavy atom. The Hall–Kier alpha value is -1.69. The second kappa shape index (κ2) is 5.52. The molecule has 2 aromatic heterocycles. The molecule has 0 saturated carbocycles. The first-order valence-electron chi connectivity index (χ1n) is 5.90. The lowest BCUT2D eigenvalue weighted by molar-refractivity contribution is 0.676. The van der Waals surface area contributed by atoms with Crippen molar-refractivity contribution in [1.82, 2.24) is 14.5 Å². The summed E-state index contributed by atoms with van der Waals surface area (Å²) >= 11 is 3.45. The summed E-state index contributed by atoms with van der Waals surface area (Å²) < 4.78 is 2.47. The molecule has 2 heterocycles. The molecule has 0 spiro atoms. The normalized spacial score (nSPS) is 10.5. The third kappa shape index (κ3) is 2.84. The van der Waals surface area contributed by atoms with E-state index in [1.807, 2.05) is 39.1 Å². The van der Waals surface area contributed by atoms with Crippen LogP contribution in [0.15, 0.2) is 27.5 Å². The first kappa shape index (κ1) is 13.7. The standard InChI is InChI=1S/C13H15BrN4O/c1-8-12(14)9(2)18(13(19)16-8)7-10-5-4-6-11(15-3)17-10/h4-6H,7H2,1-3H3,(H,15,17). The van der Waals surface area contributed by atoms with Gasteiger partial charge in [0, 0.05) is 12.7 Å². The summed E-state index contributed by atoms with van der Waals surface area (Å²) in [4.78, 5) is 20.4. The predicted octanol–water partition coefficient (Wildman–Crippen LogP) is 2.11. The molecule has 19 heavy (non-hydrogen) atoms. The SMILES string of the molecule is CNc1cccc(Cn2c(C)c(Br)c(C)nc2=O)n1. The van der Waals surface area contributed by atoms with Crippen LogP contribution >= 0.6 is 15.9 Å². The Morgan fingerprint density at radius 2 is 2.05 bits per heavy atom. The van der Waals surface area contributed by atoms with E-state index in [4.69, 9.17) is 0 Å². The first-order chi connectivity index (χ1) is 9.02. The number of aromatic nitrogens is 3. The molecule has 100 valence electrons. The summed E-state index contributed by atoms with van der Waals surface area (Å²) in [6.07, 6.45) is 0. The fraction of sp³-hybridized carbons (Fsp3) is 0.308. The molecular formula is C13H15BrN4O. The van der Waals surface area contributed by atoms with E-state index in [1.165, 1.54) is 0 Å². The van der Waals surface area contributed by atoms with Crippen LogP contribution in [-0.2, 0) is 6.54 Å². The topological polar surface area (TPSA) is 59.8 Å². The second-order valence-corrected chi connectivity index (χ2v) is 5.02. The lowest BCUT2D eigenvalue weighted by Crippen LogP contribution is -2.27. The number of halogens is 1. The molecule has 0 fully saturated rings. The van der Waals surface area contributed by atoms with Crippen molar-refractivity contribution in [3.05, 3.63) is 50.2 Å². The van der Waals surface area contributed by atoms with Crippen LogP contribution < -0.4 is 11.0 Å². The monoisotopic (exact) mass is 322 g/mol. The van der Waals surface area contributed by atoms with Gasteiger partial charge in [-0.25, -0.2) is 9.78 Å². The highest BCUT2D eigenvalue weighted by Crippen LogP contribution is 2.17. The molecule has 0 bridgehead atoms. The molecule has 0 unspecified atom stereocenters. The largest absolute Gasteiger partial charge is 0.373 e. The highest BCUT2D eigenvalue weighted by molar-refractivity contribution is 9.10. The van der Waals surface area contributed by atoms with Gasteiger partial charge in [-0.15, -0.1) is 0 Å². The van der Waals surface area contributed by atoms with Gasteiger partial charge in [0.25, 0.3) is 0 Å². The van der Waals surface area contributed by atoms with Crippen molar-refractivity contribution in [3.63, 3.8) is 0 Å². The smallest absolute Gasteiger partial charge is 0.348 e. The summed E-state index contributed by atoms with van der Waals surface area (Å²) in [5, 5.41) is 2.98. The molecule has 0 aliphatic rings. The Morgan fingerprint density at radius 1 is 1.32 bits per heavy atom. The Bertz CT molecular complexity index is 666. The zero-order chi connectivity index (χ0) is 14.0. The van der Waals surface area contributed by atoms with E-state index in [9.17, 15) is 4.79 Å². The molecular weight excluding hydrogens is 308 g/mol. The third-order valence-electron chi connectivity index (χ3n) is 2.92. The Labute approximate surface area is 119 Å². The van der Waals surface area contributed by atoms with Crippen molar-refractivity contribution in [3.8, 4) is 0 Å². The number of hydrogen-bond donors (Lipinski definition) is 1. The van der Waals surface area contributed by atoms with Crippen LogP contribution in [0.2, 0.25) is 0 Å². The van der Waals surface area contributed by atoms with Gasteiger partial charge in [-0.05, 0) is 41.9 Å². The summed E-state index contributed by atoms with van der Waals surface area (Å²) in [5.41, 5.74) is 2.12. The zero-order valence-electron chi connectivity index (χ0n) is 11.1. The molecule has 5 nitrogen and oxygen atoms in total. The van der Waals surface area contributed by atoms with E-state index in [-0.39, 0.29) is 5.69 Å². The van der Waals surface area contributed by atoms with Crippen LogP contribution in [-0.4, -0.2) is 21.6 Å². The van der Waals surface area contributed by atoms with E-state index < -0.39 is 0 Å². The zero-order valence-corrected chi connectivity index (χ0v) is 12.7. The Balaban J connectivity index is 2.43. The highest BCUT2D eigenvalue weighted by atomic mass is 79.9. The van der Waals surface area contributed by atoms with Crippen molar-refractivity contribution in [2.75, 3.05) is 12.4 Å². The van der Waals surface area contributed by atoms with Gasteiger partial charge in [0.2, 0.25) is 0 Å². The summed E-state index contributed by atoms with van der Waals surface area (Å²) in [6.45, 7) is 4.11. The molecule has 6 heteroatoms. The van der Waals surface area contributed by atoms with E-state index >= 15 is 0 Å². The minimum Gasteiger partial charge on any atom is -0.373 e. The van der Waals surface area contributed by atoms with Crippen LogP contribution in [0.25, 0.3) is 0 Å². The summed E-state index contributed by atoms with van der Waals surface area (Å²) in [7, 11) is 1.81. The maximum absolute atomic E-state index is 12.0. The van der Waals surface area contributed by atoms with Gasteiger partial charge in [0.1, 0.15) is 5.82 Å². The van der Waals surface area contributed by atoms with E-state index in [0.29, 0.717) is 12.2 Å². The van der Waals surface area contributed by atoms with E-state index in [1.54, 1.807) is 4.57 Å². The molecule has 1 N–H and O–H groups in total. The number of pyridine rings is 1. The van der Waals surface area contributed by atoms with Crippen molar-refractivity contribution < 1.29 is 0 Å². The van der Waals surface area contributed by atoms with Crippen molar-refractivity contribution >= 4 is 21.7 Å². The number of nitrogens with one attached hydrogen (secondary N) is 1. The van der Waals surface area contributed by atoms with Gasteiger partial charge >= 0.3 is 5.69 Å². The molecule has 0 saturated heterocycles. The average molecular weight is 323 g/mol. The molecule has 0 aliphatic heterocycles. The molecule has 0 radical (unpaired) electrons. The number of anilines is 1. The third-order valence-corrected chi connectivity index (χ3v) is 4.07. The molecule has 2 rings (SSSR count). The lowest BCUT2D eigenvalue weighted by atomic mass is 10.3. The lowest BCUT2D eigenvalue weighted by Gasteiger charge is -2.12. The van der Waals surface area contributed by atoms with Crippen molar-refractivity contribution in [1.29, 1.82) is 0 Å². The molecule has 0 amide bonds. The quantitative estimate of drug-likeness (QED) is 0.940. The van der Waals surface area contributed by atoms with Gasteiger partial charge in [0.15, 0.2) is 0 Å². The van der Waals surface area contributed by atoms with Crippen molar-refractivity contribution in [2.45, 2.75) is 20.4 Å². The average Bonchev–Trinajstić information content (AvgIpc) is 2.41. The fourth-order valence-electron chi connectivity index (χ4n) is 1.83. The number of rotatable bonds is 3. The van der Waals surface area contributed by atoms with Gasteiger partial charge in [-0.3, -0.25) is 4.57 Å². The fourth-order valence-corrected chi connectivity index (χ4v) is 2.13. The van der Waals surface area contributed by atoms with Gasteiger partial charge in [-0.2, -0.15) is 4.98 Å².